The van der Waals surface area contributed by atoms with Crippen molar-refractivity contribution in [2.45, 2.75) is 20.3 Å². The van der Waals surface area contributed by atoms with E-state index >= 15 is 0 Å². The summed E-state index contributed by atoms with van der Waals surface area (Å²) in [5.74, 6) is 0.238. The highest BCUT2D eigenvalue weighted by Crippen LogP contribution is 2.03. The Balaban J connectivity index is 3.82. The number of carbonyl (C=O) groups excluding carboxylic acids is 1. The van der Waals surface area contributed by atoms with E-state index in [1.807, 2.05) is 19.9 Å². The molecule has 2 N–H and O–H groups in total. The molecular weight excluding hydrogens is 126 g/mol. The van der Waals surface area contributed by atoms with Gasteiger partial charge in [0.2, 0.25) is 0 Å². The summed E-state index contributed by atoms with van der Waals surface area (Å²) in [6.45, 7) is 4.57. The number of hydrogen-bond donors (Lipinski definition) is 1. The number of aldehydes is 1. The minimum atomic E-state index is 0.238. The van der Waals surface area contributed by atoms with Gasteiger partial charge < -0.3 is 10.5 Å². The van der Waals surface area contributed by atoms with Crippen molar-refractivity contribution in [1.82, 2.24) is 0 Å². The van der Waals surface area contributed by atoms with Gasteiger partial charge in [-0.05, 0) is 26.3 Å². The molecule has 0 amide bonds. The third-order valence-electron chi connectivity index (χ3n) is 1.27. The van der Waals surface area contributed by atoms with Gasteiger partial charge in [-0.3, -0.25) is 0 Å². The number of allylic oxidation sites excluding steroid dienone is 1. The molecule has 0 aromatic heterocycles. The first-order valence-corrected chi connectivity index (χ1v) is 3.49. The molecule has 0 radical (unpaired) electrons. The molecule has 0 rings (SSSR count). The Morgan fingerprint density at radius 3 is 2.50 bits per heavy atom. The van der Waals surface area contributed by atoms with Crippen LogP contribution < -0.4 is 5.73 Å². The molecule has 0 heterocycles. The molecule has 0 fully saturated rings. The van der Waals surface area contributed by atoms with Crippen LogP contribution in [0.4, 0.5) is 0 Å². The molecule has 0 aliphatic carbocycles. The van der Waals surface area contributed by atoms with Crippen LogP contribution in [-0.2, 0) is 4.79 Å². The van der Waals surface area contributed by atoms with E-state index in [2.05, 4.69) is 0 Å². The smallest absolute Gasteiger partial charge is 0.120 e. The lowest BCUT2D eigenvalue weighted by molar-refractivity contribution is -0.108. The van der Waals surface area contributed by atoms with Crippen molar-refractivity contribution < 1.29 is 4.79 Å². The Morgan fingerprint density at radius 1 is 1.60 bits per heavy atom. The zero-order valence-electron chi connectivity index (χ0n) is 6.63. The molecular formula is C8H15NO. The zero-order chi connectivity index (χ0) is 7.98. The van der Waals surface area contributed by atoms with Crippen molar-refractivity contribution in [3.8, 4) is 0 Å². The van der Waals surface area contributed by atoms with Crippen LogP contribution in [0.3, 0.4) is 0 Å². The standard InChI is InChI=1S/C8H15NO/c1-7(2)5-8(6-9)3-4-10/h4-5,8H,3,6,9H2,1-2H3. The van der Waals surface area contributed by atoms with Crippen LogP contribution in [0.15, 0.2) is 11.6 Å². The fourth-order valence-corrected chi connectivity index (χ4v) is 0.827. The van der Waals surface area contributed by atoms with E-state index < -0.39 is 0 Å². The third kappa shape index (κ3) is 4.27. The van der Waals surface area contributed by atoms with Gasteiger partial charge in [-0.2, -0.15) is 0 Å². The van der Waals surface area contributed by atoms with E-state index in [4.69, 9.17) is 5.73 Å². The van der Waals surface area contributed by atoms with Crippen molar-refractivity contribution in [1.29, 1.82) is 0 Å². The van der Waals surface area contributed by atoms with Crippen molar-refractivity contribution in [2.75, 3.05) is 6.54 Å². The van der Waals surface area contributed by atoms with Crippen LogP contribution in [0.2, 0.25) is 0 Å². The van der Waals surface area contributed by atoms with Crippen LogP contribution in [-0.4, -0.2) is 12.8 Å². The monoisotopic (exact) mass is 141 g/mol. The molecule has 1 unspecified atom stereocenters. The van der Waals surface area contributed by atoms with Crippen molar-refractivity contribution in [2.24, 2.45) is 11.7 Å². The van der Waals surface area contributed by atoms with E-state index in [1.54, 1.807) is 0 Å². The molecule has 0 saturated carbocycles. The topological polar surface area (TPSA) is 43.1 Å². The molecule has 1 atom stereocenters. The predicted octanol–water partition coefficient (Wildman–Crippen LogP) is 1.12. The minimum absolute atomic E-state index is 0.238. The Hall–Kier alpha value is -0.630. The first-order chi connectivity index (χ1) is 4.70. The largest absolute Gasteiger partial charge is 0.330 e. The number of rotatable bonds is 4. The van der Waals surface area contributed by atoms with Gasteiger partial charge >= 0.3 is 0 Å². The molecule has 0 aliphatic rings. The molecule has 58 valence electrons. The summed E-state index contributed by atoms with van der Waals surface area (Å²) in [4.78, 5) is 10.1. The Bertz CT molecular complexity index is 125. The third-order valence-corrected chi connectivity index (χ3v) is 1.27. The molecule has 2 nitrogen and oxygen atoms in total. The van der Waals surface area contributed by atoms with Gasteiger partial charge in [0.25, 0.3) is 0 Å². The van der Waals surface area contributed by atoms with Crippen LogP contribution in [0, 0.1) is 5.92 Å². The van der Waals surface area contributed by atoms with Gasteiger partial charge in [-0.25, -0.2) is 0 Å². The normalized spacial score (nSPS) is 12.3. The molecule has 0 aromatic carbocycles. The second kappa shape index (κ2) is 5.18. The van der Waals surface area contributed by atoms with E-state index in [9.17, 15) is 4.79 Å². The summed E-state index contributed by atoms with van der Waals surface area (Å²) in [5.41, 5.74) is 6.62. The Morgan fingerprint density at radius 2 is 2.20 bits per heavy atom. The summed E-state index contributed by atoms with van der Waals surface area (Å²) in [6.07, 6.45) is 3.49. The maximum Gasteiger partial charge on any atom is 0.120 e. The highest BCUT2D eigenvalue weighted by molar-refractivity contribution is 5.50. The zero-order valence-corrected chi connectivity index (χ0v) is 6.63. The summed E-state index contributed by atoms with van der Waals surface area (Å²) in [6, 6.07) is 0. The molecule has 0 aromatic rings. The van der Waals surface area contributed by atoms with Gasteiger partial charge in [0.1, 0.15) is 6.29 Å². The quantitative estimate of drug-likeness (QED) is 0.471. The highest BCUT2D eigenvalue weighted by Gasteiger charge is 1.99. The minimum Gasteiger partial charge on any atom is -0.330 e. The van der Waals surface area contributed by atoms with Crippen LogP contribution in [0.5, 0.6) is 0 Å². The first kappa shape index (κ1) is 9.37. The maximum absolute atomic E-state index is 10.1. The lowest BCUT2D eigenvalue weighted by Gasteiger charge is -2.04. The number of nitrogens with two attached hydrogens (primary N) is 1. The molecule has 2 heteroatoms. The van der Waals surface area contributed by atoms with Gasteiger partial charge in [0.05, 0.1) is 0 Å². The Labute approximate surface area is 62.1 Å². The second-order valence-corrected chi connectivity index (χ2v) is 2.64. The molecule has 0 bridgehead atoms. The van der Waals surface area contributed by atoms with Gasteiger partial charge in [-0.15, -0.1) is 0 Å². The van der Waals surface area contributed by atoms with Crippen LogP contribution in [0.1, 0.15) is 20.3 Å². The number of hydrogen-bond acceptors (Lipinski definition) is 2. The Kier molecular flexibility index (Phi) is 4.85. The summed E-state index contributed by atoms with van der Waals surface area (Å²) in [5, 5.41) is 0. The van der Waals surface area contributed by atoms with Gasteiger partial charge in [-0.1, -0.05) is 11.6 Å². The molecule has 10 heavy (non-hydrogen) atoms. The lowest BCUT2D eigenvalue weighted by atomic mass is 10.0. The molecule has 0 spiro atoms. The molecule has 0 aliphatic heterocycles. The summed E-state index contributed by atoms with van der Waals surface area (Å²) >= 11 is 0. The van der Waals surface area contributed by atoms with Crippen molar-refractivity contribution in [3.63, 3.8) is 0 Å². The van der Waals surface area contributed by atoms with Gasteiger partial charge in [0.15, 0.2) is 0 Å². The average molecular weight is 141 g/mol. The van der Waals surface area contributed by atoms with Crippen LogP contribution >= 0.6 is 0 Å². The van der Waals surface area contributed by atoms with Gasteiger partial charge in [0, 0.05) is 6.42 Å². The first-order valence-electron chi connectivity index (χ1n) is 3.49. The highest BCUT2D eigenvalue weighted by atomic mass is 16.1. The fourth-order valence-electron chi connectivity index (χ4n) is 0.827. The summed E-state index contributed by atoms with van der Waals surface area (Å²) < 4.78 is 0. The van der Waals surface area contributed by atoms with E-state index in [-0.39, 0.29) is 5.92 Å². The summed E-state index contributed by atoms with van der Waals surface area (Å²) in [7, 11) is 0. The van der Waals surface area contributed by atoms with E-state index in [0.717, 1.165) is 6.29 Å². The number of carbonyl (C=O) groups is 1. The van der Waals surface area contributed by atoms with E-state index in [1.165, 1.54) is 5.57 Å². The second-order valence-electron chi connectivity index (χ2n) is 2.64. The lowest BCUT2D eigenvalue weighted by Crippen LogP contribution is -2.12. The maximum atomic E-state index is 10.1. The molecule has 0 saturated heterocycles. The SMILES string of the molecule is CC(C)=CC(CN)CC=O. The fraction of sp³-hybridized carbons (Fsp3) is 0.625. The van der Waals surface area contributed by atoms with Crippen molar-refractivity contribution in [3.05, 3.63) is 11.6 Å². The average Bonchev–Trinajstić information content (AvgIpc) is 1.86. The van der Waals surface area contributed by atoms with Crippen molar-refractivity contribution >= 4 is 6.29 Å². The predicted molar refractivity (Wildman–Crippen MR) is 42.7 cm³/mol. The van der Waals surface area contributed by atoms with Crippen LogP contribution in [0.25, 0.3) is 0 Å². The van der Waals surface area contributed by atoms with E-state index in [0.29, 0.717) is 13.0 Å².